The van der Waals surface area contributed by atoms with Crippen LogP contribution >= 0.6 is 0 Å². The Labute approximate surface area is 56.6 Å². The highest BCUT2D eigenvalue weighted by Crippen LogP contribution is 2.77. The van der Waals surface area contributed by atoms with Crippen LogP contribution in [0.25, 0.3) is 0 Å². The van der Waals surface area contributed by atoms with E-state index >= 15 is 0 Å². The van der Waals surface area contributed by atoms with E-state index in [2.05, 4.69) is 6.92 Å². The van der Waals surface area contributed by atoms with Crippen molar-refractivity contribution in [2.24, 2.45) is 23.2 Å². The number of rotatable bonds is 0. The summed E-state index contributed by atoms with van der Waals surface area (Å²) in [5.41, 5.74) is 0.878. The lowest BCUT2D eigenvalue weighted by atomic mass is 9.29. The second-order valence-electron chi connectivity index (χ2n) is 4.52. The molecule has 0 spiro atoms. The Morgan fingerprint density at radius 2 is 1.89 bits per heavy atom. The van der Waals surface area contributed by atoms with Crippen molar-refractivity contribution in [2.45, 2.75) is 32.6 Å². The van der Waals surface area contributed by atoms with Gasteiger partial charge in [0.1, 0.15) is 0 Å². The van der Waals surface area contributed by atoms with Crippen molar-refractivity contribution in [1.29, 1.82) is 0 Å². The number of hydrogen-bond acceptors (Lipinski definition) is 0. The highest BCUT2D eigenvalue weighted by molar-refractivity contribution is 5.18. The van der Waals surface area contributed by atoms with Gasteiger partial charge in [-0.05, 0) is 42.4 Å². The lowest BCUT2D eigenvalue weighted by Gasteiger charge is -2.76. The Morgan fingerprint density at radius 3 is 2.11 bits per heavy atom. The highest BCUT2D eigenvalue weighted by Gasteiger charge is 2.70. The van der Waals surface area contributed by atoms with Crippen LogP contribution in [0.3, 0.4) is 0 Å². The molecule has 0 aromatic heterocycles. The summed E-state index contributed by atoms with van der Waals surface area (Å²) in [5.74, 6) is 3.59. The molecule has 0 aromatic carbocycles. The summed E-state index contributed by atoms with van der Waals surface area (Å²) in [5, 5.41) is 0. The monoisotopic (exact) mass is 122 g/mol. The van der Waals surface area contributed by atoms with Crippen molar-refractivity contribution >= 4 is 0 Å². The van der Waals surface area contributed by atoms with Gasteiger partial charge in [-0.15, -0.1) is 0 Å². The fourth-order valence-electron chi connectivity index (χ4n) is 3.83. The molecule has 0 amide bonds. The van der Waals surface area contributed by atoms with E-state index in [9.17, 15) is 0 Å². The molecule has 0 radical (unpaired) electrons. The van der Waals surface area contributed by atoms with Crippen molar-refractivity contribution in [3.05, 3.63) is 0 Å². The van der Waals surface area contributed by atoms with Gasteiger partial charge in [0.25, 0.3) is 0 Å². The van der Waals surface area contributed by atoms with Gasteiger partial charge in [-0.3, -0.25) is 0 Å². The number of hydrogen-bond donors (Lipinski definition) is 0. The van der Waals surface area contributed by atoms with Crippen molar-refractivity contribution in [2.75, 3.05) is 0 Å². The van der Waals surface area contributed by atoms with E-state index in [0.29, 0.717) is 0 Å². The van der Waals surface area contributed by atoms with Gasteiger partial charge in [-0.1, -0.05) is 13.3 Å². The summed E-state index contributed by atoms with van der Waals surface area (Å²) in [6.45, 7) is 2.52. The largest absolute Gasteiger partial charge is 0.0591 e. The van der Waals surface area contributed by atoms with Crippen LogP contribution in [0.1, 0.15) is 32.6 Å². The molecule has 4 aliphatic rings. The van der Waals surface area contributed by atoms with Crippen LogP contribution in [0.5, 0.6) is 0 Å². The maximum Gasteiger partial charge on any atom is -0.0261 e. The second kappa shape index (κ2) is 1.09. The van der Waals surface area contributed by atoms with Crippen LogP contribution in [-0.2, 0) is 0 Å². The van der Waals surface area contributed by atoms with E-state index in [0.717, 1.165) is 5.41 Å². The summed E-state index contributed by atoms with van der Waals surface area (Å²) in [4.78, 5) is 0. The standard InChI is InChI=1S/C9H14/c1-9-5-6-7(9)3-2-4-8(6)9/h6-8H,2-5H2,1H3. The molecule has 0 heterocycles. The Morgan fingerprint density at radius 1 is 1.22 bits per heavy atom. The highest BCUT2D eigenvalue weighted by atomic mass is 14.7. The van der Waals surface area contributed by atoms with Crippen LogP contribution in [-0.4, -0.2) is 0 Å². The van der Waals surface area contributed by atoms with Gasteiger partial charge >= 0.3 is 0 Å². The summed E-state index contributed by atoms with van der Waals surface area (Å²) in [6.07, 6.45) is 6.26. The van der Waals surface area contributed by atoms with Crippen molar-refractivity contribution in [1.82, 2.24) is 0 Å². The molecule has 0 nitrogen and oxygen atoms in total. The zero-order valence-corrected chi connectivity index (χ0v) is 6.06. The third-order valence-corrected chi connectivity index (χ3v) is 4.43. The van der Waals surface area contributed by atoms with Gasteiger partial charge < -0.3 is 0 Å². The zero-order chi connectivity index (χ0) is 6.06. The smallest absolute Gasteiger partial charge is 0.0261 e. The second-order valence-corrected chi connectivity index (χ2v) is 4.52. The summed E-state index contributed by atoms with van der Waals surface area (Å²) in [6, 6.07) is 0. The van der Waals surface area contributed by atoms with Crippen molar-refractivity contribution in [3.63, 3.8) is 0 Å². The van der Waals surface area contributed by atoms with Crippen LogP contribution in [0, 0.1) is 23.2 Å². The first-order chi connectivity index (χ1) is 4.32. The molecule has 4 bridgehead atoms. The van der Waals surface area contributed by atoms with E-state index in [1.165, 1.54) is 17.8 Å². The lowest BCUT2D eigenvalue weighted by Crippen LogP contribution is -2.69. The molecule has 2 unspecified atom stereocenters. The third-order valence-electron chi connectivity index (χ3n) is 4.43. The zero-order valence-electron chi connectivity index (χ0n) is 6.06. The molecule has 0 heteroatoms. The van der Waals surface area contributed by atoms with E-state index in [4.69, 9.17) is 0 Å². The Balaban J connectivity index is 1.96. The van der Waals surface area contributed by atoms with Crippen molar-refractivity contribution < 1.29 is 0 Å². The fraction of sp³-hybridized carbons (Fsp3) is 1.00. The van der Waals surface area contributed by atoms with E-state index in [1.54, 1.807) is 25.7 Å². The summed E-state index contributed by atoms with van der Waals surface area (Å²) < 4.78 is 0. The van der Waals surface area contributed by atoms with E-state index < -0.39 is 0 Å². The minimum Gasteiger partial charge on any atom is -0.0591 e. The van der Waals surface area contributed by atoms with Gasteiger partial charge in [-0.2, -0.15) is 0 Å². The van der Waals surface area contributed by atoms with Crippen molar-refractivity contribution in [3.8, 4) is 0 Å². The predicted molar refractivity (Wildman–Crippen MR) is 37.0 cm³/mol. The topological polar surface area (TPSA) is 0 Å². The Kier molecular flexibility index (Phi) is 0.574. The molecule has 9 heavy (non-hydrogen) atoms. The molecule has 0 aromatic rings. The molecule has 0 aliphatic heterocycles. The third kappa shape index (κ3) is 0.300. The predicted octanol–water partition coefficient (Wildman–Crippen LogP) is 2.44. The molecule has 4 saturated carbocycles. The Bertz CT molecular complexity index is 147. The van der Waals surface area contributed by atoms with Gasteiger partial charge in [0.05, 0.1) is 0 Å². The minimum absolute atomic E-state index is 0.878. The van der Waals surface area contributed by atoms with Crippen LogP contribution < -0.4 is 0 Å². The van der Waals surface area contributed by atoms with Gasteiger partial charge in [0, 0.05) is 0 Å². The van der Waals surface area contributed by atoms with Crippen LogP contribution in [0.4, 0.5) is 0 Å². The molecule has 4 rings (SSSR count). The normalized spacial score (nSPS) is 68.3. The molecular formula is C9H14. The summed E-state index contributed by atoms with van der Waals surface area (Å²) in [7, 11) is 0. The summed E-state index contributed by atoms with van der Waals surface area (Å²) >= 11 is 0. The maximum atomic E-state index is 2.52. The fourth-order valence-corrected chi connectivity index (χ4v) is 3.83. The Hall–Kier alpha value is 0. The molecule has 50 valence electrons. The van der Waals surface area contributed by atoms with Gasteiger partial charge in [-0.25, -0.2) is 0 Å². The average Bonchev–Trinajstić information content (AvgIpc) is 1.86. The first kappa shape index (κ1) is 4.76. The molecule has 0 saturated heterocycles. The first-order valence-electron chi connectivity index (χ1n) is 4.32. The molecule has 2 atom stereocenters. The van der Waals surface area contributed by atoms with E-state index in [-0.39, 0.29) is 0 Å². The average molecular weight is 122 g/mol. The SMILES string of the molecule is CC12CC3C1CCCC32. The maximum absolute atomic E-state index is 2.52. The van der Waals surface area contributed by atoms with Gasteiger partial charge in [0.15, 0.2) is 0 Å². The molecule has 0 N–H and O–H groups in total. The quantitative estimate of drug-likeness (QED) is 0.463. The minimum atomic E-state index is 0.878. The molecule has 4 fully saturated rings. The lowest BCUT2D eigenvalue weighted by molar-refractivity contribution is -0.275. The van der Waals surface area contributed by atoms with Crippen LogP contribution in [0.15, 0.2) is 0 Å². The first-order valence-corrected chi connectivity index (χ1v) is 4.32. The molecular weight excluding hydrogens is 108 g/mol. The van der Waals surface area contributed by atoms with Gasteiger partial charge in [0.2, 0.25) is 0 Å². The van der Waals surface area contributed by atoms with Crippen LogP contribution in [0.2, 0.25) is 0 Å². The van der Waals surface area contributed by atoms with E-state index in [1.807, 2.05) is 0 Å². The molecule has 4 aliphatic carbocycles.